The third-order valence-electron chi connectivity index (χ3n) is 3.95. The minimum atomic E-state index is -1.18. The first-order valence-corrected chi connectivity index (χ1v) is 9.09. The van der Waals surface area contributed by atoms with Crippen LogP contribution in [0.15, 0.2) is 24.3 Å². The van der Waals surface area contributed by atoms with Crippen molar-refractivity contribution >= 4 is 29.6 Å². The molecule has 0 saturated carbocycles. The van der Waals surface area contributed by atoms with Crippen molar-refractivity contribution in [2.45, 2.75) is 58.7 Å². The van der Waals surface area contributed by atoms with Gasteiger partial charge in [0.05, 0.1) is 18.1 Å². The van der Waals surface area contributed by atoms with Crippen LogP contribution >= 0.6 is 11.6 Å². The second-order valence-corrected chi connectivity index (χ2v) is 7.66. The molecule has 0 saturated heterocycles. The van der Waals surface area contributed by atoms with Gasteiger partial charge in [0.25, 0.3) is 0 Å². The summed E-state index contributed by atoms with van der Waals surface area (Å²) in [5, 5.41) is 15.1. The lowest BCUT2D eigenvalue weighted by Crippen LogP contribution is -2.55. The van der Waals surface area contributed by atoms with Crippen LogP contribution in [-0.4, -0.2) is 35.2 Å². The molecule has 1 aromatic carbocycles. The standard InChI is InChI=1S/C19H27ClN2O5/c1-11(2)16(21-18(26)27-12(3)4)17(25)22-19(5,10-15(23)24)13-6-8-14(20)9-7-13/h6-9,11-12,16H,10H2,1-5H3,(H,21,26)(H,22,25)(H,23,24). The molecular weight excluding hydrogens is 372 g/mol. The fourth-order valence-corrected chi connectivity index (χ4v) is 2.72. The highest BCUT2D eigenvalue weighted by atomic mass is 35.5. The van der Waals surface area contributed by atoms with Crippen LogP contribution in [0.5, 0.6) is 0 Å². The molecule has 0 bridgehead atoms. The largest absolute Gasteiger partial charge is 0.481 e. The number of ether oxygens (including phenoxy) is 1. The van der Waals surface area contributed by atoms with Gasteiger partial charge in [-0.1, -0.05) is 37.6 Å². The van der Waals surface area contributed by atoms with Crippen LogP contribution < -0.4 is 10.6 Å². The molecule has 0 aromatic heterocycles. The molecule has 27 heavy (non-hydrogen) atoms. The van der Waals surface area contributed by atoms with E-state index in [0.717, 1.165) is 0 Å². The van der Waals surface area contributed by atoms with E-state index < -0.39 is 29.6 Å². The number of nitrogens with one attached hydrogen (secondary N) is 2. The summed E-state index contributed by atoms with van der Waals surface area (Å²) in [6.07, 6.45) is -1.36. The monoisotopic (exact) mass is 398 g/mol. The number of halogens is 1. The number of hydrogen-bond donors (Lipinski definition) is 3. The molecule has 2 unspecified atom stereocenters. The Morgan fingerprint density at radius 2 is 1.70 bits per heavy atom. The zero-order valence-electron chi connectivity index (χ0n) is 16.2. The lowest BCUT2D eigenvalue weighted by atomic mass is 9.87. The van der Waals surface area contributed by atoms with E-state index in [1.54, 1.807) is 58.9 Å². The van der Waals surface area contributed by atoms with Gasteiger partial charge in [-0.05, 0) is 44.4 Å². The Labute approximate surface area is 164 Å². The van der Waals surface area contributed by atoms with Gasteiger partial charge in [0.1, 0.15) is 6.04 Å². The van der Waals surface area contributed by atoms with Gasteiger partial charge in [0.2, 0.25) is 5.91 Å². The lowest BCUT2D eigenvalue weighted by molar-refractivity contribution is -0.139. The van der Waals surface area contributed by atoms with Crippen molar-refractivity contribution in [1.29, 1.82) is 0 Å². The minimum Gasteiger partial charge on any atom is -0.481 e. The van der Waals surface area contributed by atoms with Crippen LogP contribution in [0.1, 0.15) is 46.6 Å². The van der Waals surface area contributed by atoms with E-state index >= 15 is 0 Å². The summed E-state index contributed by atoms with van der Waals surface area (Å²) in [5.41, 5.74) is -0.584. The SMILES string of the molecule is CC(C)OC(=O)NC(C(=O)NC(C)(CC(=O)O)c1ccc(Cl)cc1)C(C)C. The van der Waals surface area contributed by atoms with Gasteiger partial charge in [-0.2, -0.15) is 0 Å². The average Bonchev–Trinajstić information content (AvgIpc) is 2.51. The van der Waals surface area contributed by atoms with E-state index in [0.29, 0.717) is 10.6 Å². The normalized spacial score (nSPS) is 14.4. The van der Waals surface area contributed by atoms with E-state index in [9.17, 15) is 19.5 Å². The molecule has 1 rings (SSSR count). The summed E-state index contributed by atoms with van der Waals surface area (Å²) in [6.45, 7) is 8.57. The number of benzene rings is 1. The number of carboxylic acid groups (broad SMARTS) is 1. The maximum Gasteiger partial charge on any atom is 0.408 e. The Kier molecular flexibility index (Phi) is 8.09. The first-order chi connectivity index (χ1) is 12.4. The molecule has 0 aliphatic carbocycles. The first-order valence-electron chi connectivity index (χ1n) is 8.71. The van der Waals surface area contributed by atoms with Crippen LogP contribution in [0.4, 0.5) is 4.79 Å². The Balaban J connectivity index is 3.06. The maximum atomic E-state index is 12.8. The lowest BCUT2D eigenvalue weighted by Gasteiger charge is -2.33. The Bertz CT molecular complexity index is 675. The van der Waals surface area contributed by atoms with Crippen molar-refractivity contribution in [1.82, 2.24) is 10.6 Å². The number of alkyl carbamates (subject to hydrolysis) is 1. The van der Waals surface area contributed by atoms with Crippen molar-refractivity contribution in [3.05, 3.63) is 34.9 Å². The van der Waals surface area contributed by atoms with Crippen LogP contribution in [0.3, 0.4) is 0 Å². The number of carbonyl (C=O) groups excluding carboxylic acids is 2. The molecule has 0 aliphatic heterocycles. The van der Waals surface area contributed by atoms with Gasteiger partial charge in [0, 0.05) is 5.02 Å². The zero-order valence-corrected chi connectivity index (χ0v) is 17.0. The summed E-state index contributed by atoms with van der Waals surface area (Å²) in [5.74, 6) is -1.80. The van der Waals surface area contributed by atoms with Crippen molar-refractivity contribution in [2.24, 2.45) is 5.92 Å². The Hall–Kier alpha value is -2.28. The third kappa shape index (κ3) is 7.09. The highest BCUT2D eigenvalue weighted by Gasteiger charge is 2.35. The molecule has 0 fully saturated rings. The van der Waals surface area contributed by atoms with Crippen molar-refractivity contribution in [2.75, 3.05) is 0 Å². The maximum absolute atomic E-state index is 12.8. The predicted molar refractivity (Wildman–Crippen MR) is 103 cm³/mol. The number of carboxylic acids is 1. The highest BCUT2D eigenvalue weighted by molar-refractivity contribution is 6.30. The number of amides is 2. The van der Waals surface area contributed by atoms with Crippen LogP contribution in [0.2, 0.25) is 5.02 Å². The van der Waals surface area contributed by atoms with Gasteiger partial charge in [-0.3, -0.25) is 9.59 Å². The smallest absolute Gasteiger partial charge is 0.408 e. The van der Waals surface area contributed by atoms with E-state index in [1.165, 1.54) is 0 Å². The van der Waals surface area contributed by atoms with Gasteiger partial charge in [-0.25, -0.2) is 4.79 Å². The van der Waals surface area contributed by atoms with Crippen molar-refractivity contribution in [3.63, 3.8) is 0 Å². The number of carbonyl (C=O) groups is 3. The van der Waals surface area contributed by atoms with E-state index in [4.69, 9.17) is 16.3 Å². The fraction of sp³-hybridized carbons (Fsp3) is 0.526. The minimum absolute atomic E-state index is 0.232. The van der Waals surface area contributed by atoms with Crippen LogP contribution in [-0.2, 0) is 19.9 Å². The van der Waals surface area contributed by atoms with Gasteiger partial charge >= 0.3 is 12.1 Å². The number of hydrogen-bond acceptors (Lipinski definition) is 4. The van der Waals surface area contributed by atoms with Crippen LogP contribution in [0.25, 0.3) is 0 Å². The second-order valence-electron chi connectivity index (χ2n) is 7.22. The number of rotatable bonds is 8. The second kappa shape index (κ2) is 9.60. The quantitative estimate of drug-likeness (QED) is 0.623. The first kappa shape index (κ1) is 22.8. The molecule has 1 aromatic rings. The molecule has 2 amide bonds. The third-order valence-corrected chi connectivity index (χ3v) is 4.20. The van der Waals surface area contributed by atoms with Gasteiger partial charge in [0.15, 0.2) is 0 Å². The van der Waals surface area contributed by atoms with Crippen LogP contribution in [0, 0.1) is 5.92 Å². The summed E-state index contributed by atoms with van der Waals surface area (Å²) in [6, 6.07) is 5.70. The van der Waals surface area contributed by atoms with Crippen molar-refractivity contribution < 1.29 is 24.2 Å². The predicted octanol–water partition coefficient (Wildman–Crippen LogP) is 3.31. The molecular formula is C19H27ClN2O5. The van der Waals surface area contributed by atoms with E-state index in [1.807, 2.05) is 0 Å². The molecule has 0 spiro atoms. The molecule has 150 valence electrons. The van der Waals surface area contributed by atoms with Gasteiger partial charge < -0.3 is 20.5 Å². The Morgan fingerprint density at radius 1 is 1.15 bits per heavy atom. The molecule has 0 aliphatic rings. The fourth-order valence-electron chi connectivity index (χ4n) is 2.60. The summed E-state index contributed by atoms with van der Waals surface area (Å²) in [7, 11) is 0. The summed E-state index contributed by atoms with van der Waals surface area (Å²) in [4.78, 5) is 36.1. The van der Waals surface area contributed by atoms with Crippen molar-refractivity contribution in [3.8, 4) is 0 Å². The number of aliphatic carboxylic acids is 1. The molecule has 0 heterocycles. The molecule has 0 radical (unpaired) electrons. The molecule has 2 atom stereocenters. The molecule has 7 nitrogen and oxygen atoms in total. The van der Waals surface area contributed by atoms with E-state index in [2.05, 4.69) is 10.6 Å². The summed E-state index contributed by atoms with van der Waals surface area (Å²) >= 11 is 5.90. The summed E-state index contributed by atoms with van der Waals surface area (Å²) < 4.78 is 5.03. The zero-order chi connectivity index (χ0) is 20.8. The van der Waals surface area contributed by atoms with Gasteiger partial charge in [-0.15, -0.1) is 0 Å². The topological polar surface area (TPSA) is 105 Å². The average molecular weight is 399 g/mol. The Morgan fingerprint density at radius 3 is 2.15 bits per heavy atom. The van der Waals surface area contributed by atoms with E-state index in [-0.39, 0.29) is 18.4 Å². The molecule has 8 heteroatoms. The highest BCUT2D eigenvalue weighted by Crippen LogP contribution is 2.26. The molecule has 3 N–H and O–H groups in total.